The molecule has 0 unspecified atom stereocenters. The van der Waals surface area contributed by atoms with Crippen molar-refractivity contribution in [2.45, 2.75) is 19.4 Å². The number of para-hydroxylation sites is 2. The zero-order valence-electron chi connectivity index (χ0n) is 13.5. The Labute approximate surface area is 140 Å². The van der Waals surface area contributed by atoms with Crippen molar-refractivity contribution in [1.82, 2.24) is 14.5 Å². The second-order valence-electron chi connectivity index (χ2n) is 6.26. The lowest BCUT2D eigenvalue weighted by Gasteiger charge is -2.18. The van der Waals surface area contributed by atoms with Gasteiger partial charge in [0.05, 0.1) is 16.8 Å². The number of hydrogen-bond donors (Lipinski definition) is 1. The van der Waals surface area contributed by atoms with Gasteiger partial charge in [0.1, 0.15) is 11.8 Å². The first-order valence-electron chi connectivity index (χ1n) is 8.30. The highest BCUT2D eigenvalue weighted by Crippen LogP contribution is 2.25. The van der Waals surface area contributed by atoms with Crippen LogP contribution in [-0.4, -0.2) is 33.4 Å². The van der Waals surface area contributed by atoms with Gasteiger partial charge in [0.2, 0.25) is 0 Å². The Hall–Kier alpha value is -2.66. The van der Waals surface area contributed by atoms with Crippen molar-refractivity contribution in [2.75, 3.05) is 13.1 Å². The quantitative estimate of drug-likeness (QED) is 0.804. The third-order valence-corrected chi connectivity index (χ3v) is 4.69. The fraction of sp³-hybridized carbons (Fsp3) is 0.263. The van der Waals surface area contributed by atoms with Crippen molar-refractivity contribution in [1.29, 1.82) is 0 Å². The number of aromatic nitrogens is 2. The maximum atomic E-state index is 11.6. The fourth-order valence-corrected chi connectivity index (χ4v) is 3.49. The second-order valence-corrected chi connectivity index (χ2v) is 6.26. The van der Waals surface area contributed by atoms with Gasteiger partial charge >= 0.3 is 0 Å². The van der Waals surface area contributed by atoms with Gasteiger partial charge in [-0.25, -0.2) is 4.98 Å². The largest absolute Gasteiger partial charge is 0.366 e. The molecule has 0 radical (unpaired) electrons. The number of nitrogens with zero attached hydrogens (tertiary/aromatic N) is 3. The lowest BCUT2D eigenvalue weighted by molar-refractivity contribution is 0.100. The molecular weight excluding hydrogens is 300 g/mol. The summed E-state index contributed by atoms with van der Waals surface area (Å²) >= 11 is 0. The van der Waals surface area contributed by atoms with E-state index in [9.17, 15) is 4.79 Å². The minimum absolute atomic E-state index is 0.448. The lowest BCUT2D eigenvalue weighted by atomic mass is 10.1. The number of nitrogens with two attached hydrogens (primary N) is 1. The van der Waals surface area contributed by atoms with E-state index in [-0.39, 0.29) is 0 Å². The average molecular weight is 320 g/mol. The van der Waals surface area contributed by atoms with Crippen LogP contribution in [0.2, 0.25) is 0 Å². The monoisotopic (exact) mass is 320 g/mol. The van der Waals surface area contributed by atoms with Gasteiger partial charge in [0, 0.05) is 6.54 Å². The molecule has 1 aromatic heterocycles. The number of fused-ring (bicyclic) bond motifs is 1. The summed E-state index contributed by atoms with van der Waals surface area (Å²) in [4.78, 5) is 18.5. The number of amides is 1. The molecule has 4 rings (SSSR count). The van der Waals surface area contributed by atoms with Crippen LogP contribution in [0.3, 0.4) is 0 Å². The molecule has 2 N–H and O–H groups in total. The normalized spacial score (nSPS) is 15.2. The van der Waals surface area contributed by atoms with Crippen LogP contribution in [-0.2, 0) is 6.54 Å². The highest BCUT2D eigenvalue weighted by molar-refractivity contribution is 6.04. The molecule has 0 atom stereocenters. The molecule has 3 aromatic rings. The van der Waals surface area contributed by atoms with Gasteiger partial charge in [-0.2, -0.15) is 0 Å². The van der Waals surface area contributed by atoms with E-state index in [4.69, 9.17) is 5.73 Å². The molecule has 1 fully saturated rings. The number of carbonyl (C=O) groups is 1. The molecule has 0 saturated carbocycles. The van der Waals surface area contributed by atoms with Crippen LogP contribution in [0.25, 0.3) is 16.7 Å². The number of imidazole rings is 1. The molecule has 2 heterocycles. The maximum absolute atomic E-state index is 11.6. The number of primary amides is 1. The highest BCUT2D eigenvalue weighted by atomic mass is 16.1. The maximum Gasteiger partial charge on any atom is 0.250 e. The van der Waals surface area contributed by atoms with E-state index < -0.39 is 5.91 Å². The molecule has 5 nitrogen and oxygen atoms in total. The summed E-state index contributed by atoms with van der Waals surface area (Å²) in [7, 11) is 0. The number of rotatable bonds is 4. The Morgan fingerprint density at radius 3 is 2.67 bits per heavy atom. The zero-order valence-corrected chi connectivity index (χ0v) is 13.5. The minimum Gasteiger partial charge on any atom is -0.366 e. The molecule has 2 aromatic carbocycles. The first kappa shape index (κ1) is 14.9. The van der Waals surface area contributed by atoms with Gasteiger partial charge in [0.15, 0.2) is 0 Å². The molecule has 1 saturated heterocycles. The standard InChI is InChI=1S/C19H20N4O/c20-19(24)15-7-5-9-17-18(15)21-13-23(17)16-8-2-1-6-14(16)12-22-10-3-4-11-22/h1-2,5-9,13H,3-4,10-12H2,(H2,20,24). The summed E-state index contributed by atoms with van der Waals surface area (Å²) in [6.07, 6.45) is 4.33. The smallest absolute Gasteiger partial charge is 0.250 e. The Bertz CT molecular complexity index is 893. The predicted molar refractivity (Wildman–Crippen MR) is 94.1 cm³/mol. The van der Waals surface area contributed by atoms with E-state index in [1.807, 2.05) is 22.8 Å². The van der Waals surface area contributed by atoms with Crippen LogP contribution in [0, 0.1) is 0 Å². The van der Waals surface area contributed by atoms with Crippen molar-refractivity contribution in [3.8, 4) is 5.69 Å². The van der Waals surface area contributed by atoms with Crippen molar-refractivity contribution >= 4 is 16.9 Å². The van der Waals surface area contributed by atoms with E-state index in [2.05, 4.69) is 28.1 Å². The molecule has 0 bridgehead atoms. The topological polar surface area (TPSA) is 64.2 Å². The van der Waals surface area contributed by atoms with Crippen LogP contribution >= 0.6 is 0 Å². The molecule has 1 amide bonds. The van der Waals surface area contributed by atoms with Crippen molar-refractivity contribution < 1.29 is 4.79 Å². The van der Waals surface area contributed by atoms with E-state index >= 15 is 0 Å². The summed E-state index contributed by atoms with van der Waals surface area (Å²) in [5.74, 6) is -0.448. The SMILES string of the molecule is NC(=O)c1cccc2c1ncn2-c1ccccc1CN1CCCC1. The number of likely N-dealkylation sites (tertiary alicyclic amines) is 1. The van der Waals surface area contributed by atoms with E-state index in [0.717, 1.165) is 30.8 Å². The molecule has 122 valence electrons. The van der Waals surface area contributed by atoms with Crippen LogP contribution < -0.4 is 5.73 Å². The van der Waals surface area contributed by atoms with Gasteiger partial charge in [-0.3, -0.25) is 14.3 Å². The summed E-state index contributed by atoms with van der Waals surface area (Å²) in [5, 5.41) is 0. The average Bonchev–Trinajstić information content (AvgIpc) is 3.24. The van der Waals surface area contributed by atoms with Gasteiger partial charge in [-0.15, -0.1) is 0 Å². The molecule has 0 aliphatic carbocycles. The third kappa shape index (κ3) is 2.57. The number of benzene rings is 2. The third-order valence-electron chi connectivity index (χ3n) is 4.69. The Kier molecular flexibility index (Phi) is 3.78. The number of carbonyl (C=O) groups excluding carboxylic acids is 1. The summed E-state index contributed by atoms with van der Waals surface area (Å²) in [5.41, 5.74) is 9.86. The summed E-state index contributed by atoms with van der Waals surface area (Å²) in [6, 6.07) is 13.9. The molecule has 1 aliphatic heterocycles. The van der Waals surface area contributed by atoms with Crippen LogP contribution in [0.4, 0.5) is 0 Å². The number of hydrogen-bond acceptors (Lipinski definition) is 3. The zero-order chi connectivity index (χ0) is 16.5. The van der Waals surface area contributed by atoms with E-state index in [0.29, 0.717) is 11.1 Å². The summed E-state index contributed by atoms with van der Waals surface area (Å²) < 4.78 is 2.05. The van der Waals surface area contributed by atoms with Gasteiger partial charge in [-0.05, 0) is 49.7 Å². The van der Waals surface area contributed by atoms with Crippen LogP contribution in [0.1, 0.15) is 28.8 Å². The lowest BCUT2D eigenvalue weighted by Crippen LogP contribution is -2.19. The van der Waals surface area contributed by atoms with Gasteiger partial charge in [-0.1, -0.05) is 24.3 Å². The van der Waals surface area contributed by atoms with Crippen molar-refractivity contribution in [3.63, 3.8) is 0 Å². The Morgan fingerprint density at radius 2 is 1.88 bits per heavy atom. The first-order chi connectivity index (χ1) is 11.7. The van der Waals surface area contributed by atoms with Crippen LogP contribution in [0.5, 0.6) is 0 Å². The molecule has 1 aliphatic rings. The van der Waals surface area contributed by atoms with E-state index in [1.54, 1.807) is 12.4 Å². The molecule has 0 spiro atoms. The predicted octanol–water partition coefficient (Wildman–Crippen LogP) is 2.72. The van der Waals surface area contributed by atoms with Crippen molar-refractivity contribution in [3.05, 3.63) is 59.9 Å². The Morgan fingerprint density at radius 1 is 1.08 bits per heavy atom. The minimum atomic E-state index is -0.448. The fourth-order valence-electron chi connectivity index (χ4n) is 3.49. The van der Waals surface area contributed by atoms with E-state index in [1.165, 1.54) is 18.4 Å². The molecule has 5 heteroatoms. The molecular formula is C19H20N4O. The Balaban J connectivity index is 1.80. The van der Waals surface area contributed by atoms with Gasteiger partial charge in [0.25, 0.3) is 5.91 Å². The van der Waals surface area contributed by atoms with Gasteiger partial charge < -0.3 is 5.73 Å². The highest BCUT2D eigenvalue weighted by Gasteiger charge is 2.16. The second kappa shape index (κ2) is 6.09. The summed E-state index contributed by atoms with van der Waals surface area (Å²) in [6.45, 7) is 3.25. The van der Waals surface area contributed by atoms with Crippen LogP contribution in [0.15, 0.2) is 48.8 Å². The molecule has 24 heavy (non-hydrogen) atoms. The van der Waals surface area contributed by atoms with Crippen molar-refractivity contribution in [2.24, 2.45) is 5.73 Å². The first-order valence-corrected chi connectivity index (χ1v) is 8.30.